The van der Waals surface area contributed by atoms with Crippen molar-refractivity contribution in [1.29, 1.82) is 0 Å². The third kappa shape index (κ3) is 4.20. The summed E-state index contributed by atoms with van der Waals surface area (Å²) in [5, 5.41) is 9.34. The number of rotatable bonds is 5. The maximum atomic E-state index is 10.5. The maximum Gasteiger partial charge on any atom is 0.303 e. The Balaban J connectivity index is 1.92. The molecule has 1 fully saturated rings. The lowest BCUT2D eigenvalue weighted by Gasteiger charge is -2.23. The first kappa shape index (κ1) is 14.3. The van der Waals surface area contributed by atoms with E-state index in [1.54, 1.807) is 0 Å². The van der Waals surface area contributed by atoms with Gasteiger partial charge in [-0.1, -0.05) is 23.7 Å². The summed E-state index contributed by atoms with van der Waals surface area (Å²) in [6.45, 7) is 2.30. The van der Waals surface area contributed by atoms with Crippen LogP contribution in [0.15, 0.2) is 24.3 Å². The van der Waals surface area contributed by atoms with Crippen LogP contribution in [0.1, 0.15) is 25.3 Å². The summed E-state index contributed by atoms with van der Waals surface area (Å²) in [5.41, 5.74) is 1.04. The highest BCUT2D eigenvalue weighted by Crippen LogP contribution is 2.29. The second kappa shape index (κ2) is 5.90. The lowest BCUT2D eigenvalue weighted by atomic mass is 10.1. The molecular weight excluding hydrogens is 268 g/mol. The molecule has 1 saturated heterocycles. The molecular formula is C14H17ClO4. The largest absolute Gasteiger partial charge is 0.481 e. The summed E-state index contributed by atoms with van der Waals surface area (Å²) in [6.07, 6.45) is 1.01. The molecule has 5 heteroatoms. The predicted molar refractivity (Wildman–Crippen MR) is 71.3 cm³/mol. The standard InChI is InChI=1S/C14H17ClO4/c1-14(8-10-3-2-4-11(15)7-10)18-9-12(19-14)5-6-13(16)17/h2-4,7,12H,5-6,8-9H2,1H3,(H,16,17). The summed E-state index contributed by atoms with van der Waals surface area (Å²) >= 11 is 5.94. The second-order valence-corrected chi connectivity index (χ2v) is 5.36. The molecule has 104 valence electrons. The van der Waals surface area contributed by atoms with E-state index in [0.717, 1.165) is 5.56 Å². The summed E-state index contributed by atoms with van der Waals surface area (Å²) in [6, 6.07) is 7.55. The molecule has 0 aromatic heterocycles. The highest BCUT2D eigenvalue weighted by Gasteiger charge is 2.37. The molecule has 1 aromatic carbocycles. The number of ether oxygens (including phenoxy) is 2. The van der Waals surface area contributed by atoms with Crippen molar-refractivity contribution in [1.82, 2.24) is 0 Å². The third-order valence-electron chi connectivity index (χ3n) is 3.08. The van der Waals surface area contributed by atoms with Gasteiger partial charge in [0.1, 0.15) is 0 Å². The molecule has 1 heterocycles. The molecule has 0 aliphatic carbocycles. The summed E-state index contributed by atoms with van der Waals surface area (Å²) < 4.78 is 11.5. The van der Waals surface area contributed by atoms with Crippen LogP contribution in [0.4, 0.5) is 0 Å². The number of hydrogen-bond donors (Lipinski definition) is 1. The van der Waals surface area contributed by atoms with Crippen molar-refractivity contribution in [2.75, 3.05) is 6.61 Å². The van der Waals surface area contributed by atoms with E-state index >= 15 is 0 Å². The zero-order valence-corrected chi connectivity index (χ0v) is 11.5. The number of halogens is 1. The van der Waals surface area contributed by atoms with Gasteiger partial charge in [0.2, 0.25) is 0 Å². The molecule has 1 aliphatic heterocycles. The van der Waals surface area contributed by atoms with Gasteiger partial charge in [0.25, 0.3) is 0 Å². The van der Waals surface area contributed by atoms with E-state index in [1.165, 1.54) is 0 Å². The Bertz CT molecular complexity index is 463. The summed E-state index contributed by atoms with van der Waals surface area (Å²) in [7, 11) is 0. The SMILES string of the molecule is CC1(Cc2cccc(Cl)c2)OCC(CCC(=O)O)O1. The normalized spacial score (nSPS) is 26.5. The first-order valence-corrected chi connectivity index (χ1v) is 6.63. The van der Waals surface area contributed by atoms with Crippen molar-refractivity contribution in [2.24, 2.45) is 0 Å². The van der Waals surface area contributed by atoms with Gasteiger partial charge in [0, 0.05) is 17.9 Å². The fourth-order valence-corrected chi connectivity index (χ4v) is 2.44. The van der Waals surface area contributed by atoms with Crippen LogP contribution in [0.5, 0.6) is 0 Å². The molecule has 2 unspecified atom stereocenters. The molecule has 2 rings (SSSR count). The van der Waals surface area contributed by atoms with Gasteiger partial charge >= 0.3 is 5.97 Å². The predicted octanol–water partition coefficient (Wildman–Crippen LogP) is 2.88. The fourth-order valence-electron chi connectivity index (χ4n) is 2.23. The molecule has 0 radical (unpaired) electrons. The minimum atomic E-state index is -0.813. The van der Waals surface area contributed by atoms with Gasteiger partial charge < -0.3 is 14.6 Å². The van der Waals surface area contributed by atoms with Crippen molar-refractivity contribution in [3.63, 3.8) is 0 Å². The van der Waals surface area contributed by atoms with Crippen LogP contribution in [-0.4, -0.2) is 29.6 Å². The Hall–Kier alpha value is -1.10. The van der Waals surface area contributed by atoms with Gasteiger partial charge in [-0.15, -0.1) is 0 Å². The molecule has 1 N–H and O–H groups in total. The van der Waals surface area contributed by atoms with Crippen LogP contribution >= 0.6 is 11.6 Å². The van der Waals surface area contributed by atoms with E-state index in [-0.39, 0.29) is 12.5 Å². The van der Waals surface area contributed by atoms with Gasteiger partial charge in [-0.25, -0.2) is 0 Å². The Labute approximate surface area is 117 Å². The minimum absolute atomic E-state index is 0.0985. The average Bonchev–Trinajstić information content (AvgIpc) is 2.68. The van der Waals surface area contributed by atoms with Crippen LogP contribution in [0.3, 0.4) is 0 Å². The fraction of sp³-hybridized carbons (Fsp3) is 0.500. The number of carboxylic acid groups (broad SMARTS) is 1. The zero-order chi connectivity index (χ0) is 13.9. The van der Waals surface area contributed by atoms with E-state index in [1.807, 2.05) is 31.2 Å². The Morgan fingerprint density at radius 2 is 2.37 bits per heavy atom. The van der Waals surface area contributed by atoms with Gasteiger partial charge in [0.05, 0.1) is 12.7 Å². The monoisotopic (exact) mass is 284 g/mol. The number of aliphatic carboxylic acids is 1. The maximum absolute atomic E-state index is 10.5. The van der Waals surface area contributed by atoms with E-state index in [2.05, 4.69) is 0 Å². The van der Waals surface area contributed by atoms with Crippen LogP contribution in [-0.2, 0) is 20.7 Å². The van der Waals surface area contributed by atoms with Gasteiger partial charge in [-0.05, 0) is 31.0 Å². The molecule has 1 aliphatic rings. The number of hydrogen-bond acceptors (Lipinski definition) is 3. The van der Waals surface area contributed by atoms with Gasteiger partial charge in [-0.2, -0.15) is 0 Å². The Morgan fingerprint density at radius 1 is 1.58 bits per heavy atom. The van der Waals surface area contributed by atoms with Crippen molar-refractivity contribution in [2.45, 2.75) is 38.1 Å². The van der Waals surface area contributed by atoms with Crippen LogP contribution in [0.25, 0.3) is 0 Å². The first-order valence-electron chi connectivity index (χ1n) is 6.25. The quantitative estimate of drug-likeness (QED) is 0.903. The van der Waals surface area contributed by atoms with Crippen molar-refractivity contribution >= 4 is 17.6 Å². The second-order valence-electron chi connectivity index (χ2n) is 4.92. The van der Waals surface area contributed by atoms with Crippen LogP contribution < -0.4 is 0 Å². The highest BCUT2D eigenvalue weighted by molar-refractivity contribution is 6.30. The minimum Gasteiger partial charge on any atom is -0.481 e. The Morgan fingerprint density at radius 3 is 3.05 bits per heavy atom. The molecule has 2 atom stereocenters. The average molecular weight is 285 g/mol. The van der Waals surface area contributed by atoms with Gasteiger partial charge in [0.15, 0.2) is 5.79 Å². The Kier molecular flexibility index (Phi) is 4.45. The van der Waals surface area contributed by atoms with Crippen molar-refractivity contribution < 1.29 is 19.4 Å². The molecule has 19 heavy (non-hydrogen) atoms. The number of carboxylic acids is 1. The first-order chi connectivity index (χ1) is 8.97. The van der Waals surface area contributed by atoms with Crippen molar-refractivity contribution in [3.8, 4) is 0 Å². The third-order valence-corrected chi connectivity index (χ3v) is 3.32. The van der Waals surface area contributed by atoms with E-state index < -0.39 is 11.8 Å². The molecule has 0 spiro atoms. The number of benzene rings is 1. The molecule has 4 nitrogen and oxygen atoms in total. The van der Waals surface area contributed by atoms with E-state index in [0.29, 0.717) is 24.5 Å². The smallest absolute Gasteiger partial charge is 0.303 e. The lowest BCUT2D eigenvalue weighted by molar-refractivity contribution is -0.155. The highest BCUT2D eigenvalue weighted by atomic mass is 35.5. The van der Waals surface area contributed by atoms with Crippen molar-refractivity contribution in [3.05, 3.63) is 34.9 Å². The van der Waals surface area contributed by atoms with Crippen LogP contribution in [0.2, 0.25) is 5.02 Å². The topological polar surface area (TPSA) is 55.8 Å². The van der Waals surface area contributed by atoms with E-state index in [9.17, 15) is 4.79 Å². The van der Waals surface area contributed by atoms with Gasteiger partial charge in [-0.3, -0.25) is 4.79 Å². The zero-order valence-electron chi connectivity index (χ0n) is 10.8. The lowest BCUT2D eigenvalue weighted by Crippen LogP contribution is -2.29. The molecule has 0 bridgehead atoms. The summed E-state index contributed by atoms with van der Waals surface area (Å²) in [4.78, 5) is 10.5. The van der Waals surface area contributed by atoms with Crippen LogP contribution in [0, 0.1) is 0 Å². The summed E-state index contributed by atoms with van der Waals surface area (Å²) in [5.74, 6) is -1.51. The number of carbonyl (C=O) groups is 1. The molecule has 0 saturated carbocycles. The van der Waals surface area contributed by atoms with E-state index in [4.69, 9.17) is 26.2 Å². The molecule has 1 aromatic rings. The molecule has 0 amide bonds.